The highest BCUT2D eigenvalue weighted by Crippen LogP contribution is 2.25. The first kappa shape index (κ1) is 27.9. The van der Waals surface area contributed by atoms with Gasteiger partial charge in [0.05, 0.1) is 18.9 Å². The third-order valence-corrected chi connectivity index (χ3v) is 7.48. The van der Waals surface area contributed by atoms with Crippen molar-refractivity contribution >= 4 is 40.0 Å². The van der Waals surface area contributed by atoms with Crippen molar-refractivity contribution < 1.29 is 14.3 Å². The number of nitrogens with one attached hydrogen (secondary N) is 2. The van der Waals surface area contributed by atoms with Crippen molar-refractivity contribution in [3.05, 3.63) is 107 Å². The summed E-state index contributed by atoms with van der Waals surface area (Å²) in [7, 11) is 0. The zero-order valence-electron chi connectivity index (χ0n) is 23.2. The molecular formula is C32H31N5O3S. The van der Waals surface area contributed by atoms with Gasteiger partial charge in [-0.25, -0.2) is 0 Å². The third-order valence-electron chi connectivity index (χ3n) is 6.55. The molecule has 0 unspecified atom stereocenters. The number of ether oxygens (including phenoxy) is 1. The molecule has 41 heavy (non-hydrogen) atoms. The summed E-state index contributed by atoms with van der Waals surface area (Å²) >= 11 is 1.28. The van der Waals surface area contributed by atoms with Crippen LogP contribution in [0, 0.1) is 13.8 Å². The quantitative estimate of drug-likeness (QED) is 0.199. The normalized spacial score (nSPS) is 10.9. The molecular weight excluding hydrogens is 534 g/mol. The van der Waals surface area contributed by atoms with Gasteiger partial charge in [-0.2, -0.15) is 0 Å². The van der Waals surface area contributed by atoms with Gasteiger partial charge >= 0.3 is 0 Å². The lowest BCUT2D eigenvalue weighted by molar-refractivity contribution is -0.113. The summed E-state index contributed by atoms with van der Waals surface area (Å²) in [6, 6.07) is 27.0. The summed E-state index contributed by atoms with van der Waals surface area (Å²) in [4.78, 5) is 26.0. The molecule has 0 fully saturated rings. The molecule has 5 rings (SSSR count). The van der Waals surface area contributed by atoms with E-state index in [0.29, 0.717) is 23.2 Å². The number of hydrogen-bond acceptors (Lipinski definition) is 6. The van der Waals surface area contributed by atoms with Crippen LogP contribution in [0.5, 0.6) is 5.75 Å². The minimum Gasteiger partial charge on any atom is -0.494 e. The van der Waals surface area contributed by atoms with E-state index in [9.17, 15) is 9.59 Å². The number of fused-ring (bicyclic) bond motifs is 1. The molecule has 1 aromatic heterocycles. The Labute approximate surface area is 243 Å². The predicted octanol–water partition coefficient (Wildman–Crippen LogP) is 6.10. The number of thioether (sulfide) groups is 1. The number of aromatic nitrogens is 3. The monoisotopic (exact) mass is 565 g/mol. The number of aryl methyl sites for hydroxylation is 2. The highest BCUT2D eigenvalue weighted by atomic mass is 32.2. The van der Waals surface area contributed by atoms with Crippen molar-refractivity contribution in [1.29, 1.82) is 0 Å². The molecule has 0 spiro atoms. The van der Waals surface area contributed by atoms with E-state index < -0.39 is 0 Å². The average molecular weight is 566 g/mol. The summed E-state index contributed by atoms with van der Waals surface area (Å²) < 4.78 is 7.46. The molecule has 2 N–H and O–H groups in total. The van der Waals surface area contributed by atoms with E-state index in [0.717, 1.165) is 39.0 Å². The van der Waals surface area contributed by atoms with Gasteiger partial charge in [-0.3, -0.25) is 14.2 Å². The SMILES string of the molecule is CCOc1ccc(-n2c(CNC(=O)c3cccc4ccccc34)nnc2SCC(=O)Nc2cc(C)ccc2C)cc1. The number of carbonyl (C=O) groups excluding carboxylic acids is 2. The Bertz CT molecular complexity index is 1690. The lowest BCUT2D eigenvalue weighted by atomic mass is 10.0. The fourth-order valence-corrected chi connectivity index (χ4v) is 5.26. The maximum absolute atomic E-state index is 13.2. The molecule has 2 amide bonds. The molecule has 0 aliphatic rings. The summed E-state index contributed by atoms with van der Waals surface area (Å²) in [5.74, 6) is 1.09. The van der Waals surface area contributed by atoms with E-state index >= 15 is 0 Å². The lowest BCUT2D eigenvalue weighted by Crippen LogP contribution is -2.25. The second kappa shape index (κ2) is 12.7. The molecule has 208 valence electrons. The Morgan fingerprint density at radius 3 is 2.51 bits per heavy atom. The number of hydrogen-bond donors (Lipinski definition) is 2. The molecule has 0 radical (unpaired) electrons. The molecule has 0 saturated carbocycles. The standard InChI is InChI=1S/C32H31N5O3S/c1-4-40-25-16-14-24(15-17-25)37-29(19-33-31(39)27-11-7-9-23-8-5-6-10-26(23)27)35-36-32(37)41-20-30(38)34-28-18-21(2)12-13-22(28)3/h5-18H,4,19-20H2,1-3H3,(H,33,39)(H,34,38). The second-order valence-corrected chi connectivity index (χ2v) is 10.5. The van der Waals surface area contributed by atoms with Crippen molar-refractivity contribution in [2.75, 3.05) is 17.7 Å². The predicted molar refractivity (Wildman–Crippen MR) is 163 cm³/mol. The maximum Gasteiger partial charge on any atom is 0.252 e. The third kappa shape index (κ3) is 6.58. The molecule has 5 aromatic rings. The van der Waals surface area contributed by atoms with E-state index in [2.05, 4.69) is 20.8 Å². The number of benzene rings is 4. The van der Waals surface area contributed by atoms with Gasteiger partial charge in [0.2, 0.25) is 5.91 Å². The van der Waals surface area contributed by atoms with Crippen molar-refractivity contribution in [2.24, 2.45) is 0 Å². The fourth-order valence-electron chi connectivity index (χ4n) is 4.49. The Kier molecular flexibility index (Phi) is 8.64. The molecule has 9 heteroatoms. The zero-order chi connectivity index (χ0) is 28.8. The van der Waals surface area contributed by atoms with Crippen LogP contribution in [0.2, 0.25) is 0 Å². The van der Waals surface area contributed by atoms with Gasteiger partial charge in [-0.15, -0.1) is 10.2 Å². The first-order valence-electron chi connectivity index (χ1n) is 13.4. The van der Waals surface area contributed by atoms with Crippen LogP contribution in [-0.4, -0.2) is 38.9 Å². The maximum atomic E-state index is 13.2. The minimum absolute atomic E-state index is 0.143. The van der Waals surface area contributed by atoms with E-state index in [4.69, 9.17) is 4.74 Å². The number of rotatable bonds is 10. The average Bonchev–Trinajstić information content (AvgIpc) is 3.39. The molecule has 0 bridgehead atoms. The Balaban J connectivity index is 1.36. The first-order chi connectivity index (χ1) is 19.9. The van der Waals surface area contributed by atoms with Crippen LogP contribution in [0.3, 0.4) is 0 Å². The van der Waals surface area contributed by atoms with Gasteiger partial charge < -0.3 is 15.4 Å². The number of amides is 2. The molecule has 0 atom stereocenters. The summed E-state index contributed by atoms with van der Waals surface area (Å²) in [5, 5.41) is 17.2. The molecule has 0 aliphatic carbocycles. The number of carbonyl (C=O) groups is 2. The fraction of sp³-hybridized carbons (Fsp3) is 0.188. The zero-order valence-corrected chi connectivity index (χ0v) is 24.0. The van der Waals surface area contributed by atoms with Crippen molar-refractivity contribution in [3.8, 4) is 11.4 Å². The Morgan fingerprint density at radius 1 is 0.927 bits per heavy atom. The minimum atomic E-state index is -0.204. The Morgan fingerprint density at radius 2 is 1.71 bits per heavy atom. The highest BCUT2D eigenvalue weighted by Gasteiger charge is 2.18. The van der Waals surface area contributed by atoms with Gasteiger partial charge in [0.15, 0.2) is 11.0 Å². The van der Waals surface area contributed by atoms with E-state index in [1.54, 1.807) is 0 Å². The van der Waals surface area contributed by atoms with E-state index in [1.165, 1.54) is 11.8 Å². The topological polar surface area (TPSA) is 98.1 Å². The van der Waals surface area contributed by atoms with E-state index in [-0.39, 0.29) is 24.1 Å². The lowest BCUT2D eigenvalue weighted by Gasteiger charge is -2.13. The number of anilines is 1. The van der Waals surface area contributed by atoms with Crippen LogP contribution in [0.25, 0.3) is 16.5 Å². The van der Waals surface area contributed by atoms with Crippen LogP contribution in [0.4, 0.5) is 5.69 Å². The summed E-state index contributed by atoms with van der Waals surface area (Å²) in [5.41, 5.74) is 4.25. The Hall–Kier alpha value is -4.63. The molecule has 1 heterocycles. The van der Waals surface area contributed by atoms with Crippen LogP contribution >= 0.6 is 11.8 Å². The largest absolute Gasteiger partial charge is 0.494 e. The van der Waals surface area contributed by atoms with Crippen LogP contribution in [0.15, 0.2) is 90.1 Å². The second-order valence-electron chi connectivity index (χ2n) is 9.53. The van der Waals surface area contributed by atoms with Crippen molar-refractivity contribution in [2.45, 2.75) is 32.5 Å². The first-order valence-corrected chi connectivity index (χ1v) is 14.3. The highest BCUT2D eigenvalue weighted by molar-refractivity contribution is 7.99. The smallest absolute Gasteiger partial charge is 0.252 e. The molecule has 4 aromatic carbocycles. The number of nitrogens with zero attached hydrogens (tertiary/aromatic N) is 3. The van der Waals surface area contributed by atoms with Crippen molar-refractivity contribution in [1.82, 2.24) is 20.1 Å². The molecule has 8 nitrogen and oxygen atoms in total. The van der Waals surface area contributed by atoms with Crippen LogP contribution in [-0.2, 0) is 11.3 Å². The van der Waals surface area contributed by atoms with Gasteiger partial charge in [-0.1, -0.05) is 60.3 Å². The summed E-state index contributed by atoms with van der Waals surface area (Å²) in [6.07, 6.45) is 0. The van der Waals surface area contributed by atoms with Gasteiger partial charge in [0.25, 0.3) is 5.91 Å². The van der Waals surface area contributed by atoms with E-state index in [1.807, 2.05) is 110 Å². The van der Waals surface area contributed by atoms with Crippen molar-refractivity contribution in [3.63, 3.8) is 0 Å². The molecule has 0 aliphatic heterocycles. The van der Waals surface area contributed by atoms with Crippen LogP contribution in [0.1, 0.15) is 34.2 Å². The van der Waals surface area contributed by atoms with Gasteiger partial charge in [0, 0.05) is 16.9 Å². The summed E-state index contributed by atoms with van der Waals surface area (Å²) in [6.45, 7) is 6.60. The van der Waals surface area contributed by atoms with Crippen LogP contribution < -0.4 is 15.4 Å². The molecule has 0 saturated heterocycles. The van der Waals surface area contributed by atoms with Gasteiger partial charge in [-0.05, 0) is 79.1 Å². The van der Waals surface area contributed by atoms with Gasteiger partial charge in [0.1, 0.15) is 5.75 Å².